The van der Waals surface area contributed by atoms with Crippen molar-refractivity contribution < 1.29 is 47.9 Å². The fourth-order valence-corrected chi connectivity index (χ4v) is 5.76. The van der Waals surface area contributed by atoms with Crippen LogP contribution in [0.2, 0.25) is 0 Å². The van der Waals surface area contributed by atoms with E-state index >= 15 is 0 Å². The summed E-state index contributed by atoms with van der Waals surface area (Å²) in [7, 11) is 0. The first-order chi connectivity index (χ1) is 26.4. The van der Waals surface area contributed by atoms with E-state index in [-0.39, 0.29) is 59.8 Å². The minimum atomic E-state index is -0.688. The Hall–Kier alpha value is -5.65. The summed E-state index contributed by atoms with van der Waals surface area (Å²) < 4.78 is 10.3. The zero-order chi connectivity index (χ0) is 39.7. The molecule has 2 fully saturated rings. The van der Waals surface area contributed by atoms with Gasteiger partial charge in [0.05, 0.1) is 13.2 Å². The van der Waals surface area contributed by atoms with E-state index in [0.717, 1.165) is 9.79 Å². The Kier molecular flexibility index (Phi) is 16.3. The fourth-order valence-electron chi connectivity index (χ4n) is 4.95. The number of Topliss-reactive ketones (excluding diaryl/α,β-unsaturated/α-hetero) is 2. The summed E-state index contributed by atoms with van der Waals surface area (Å²) in [4.78, 5) is 90.4. The highest BCUT2D eigenvalue weighted by Crippen LogP contribution is 2.28. The summed E-state index contributed by atoms with van der Waals surface area (Å²) in [6.45, 7) is 13.9. The second-order valence-corrected chi connectivity index (χ2v) is 13.6. The van der Waals surface area contributed by atoms with Gasteiger partial charge in [-0.05, 0) is 62.4 Å². The van der Waals surface area contributed by atoms with Gasteiger partial charge in [0.2, 0.25) is 11.6 Å². The van der Waals surface area contributed by atoms with Gasteiger partial charge in [0.1, 0.15) is 11.4 Å². The van der Waals surface area contributed by atoms with Gasteiger partial charge in [-0.3, -0.25) is 19.3 Å². The van der Waals surface area contributed by atoms with Crippen LogP contribution in [0.5, 0.6) is 0 Å². The third-order valence-electron chi connectivity index (χ3n) is 8.05. The second kappa shape index (κ2) is 21.3. The average molecular weight is 777 g/mol. The number of hydrogen-bond donors (Lipinski definition) is 2. The molecule has 0 aliphatic carbocycles. The molecule has 2 aliphatic rings. The van der Waals surface area contributed by atoms with Crippen LogP contribution in [-0.4, -0.2) is 122 Å². The van der Waals surface area contributed by atoms with Gasteiger partial charge in [-0.15, -0.1) is 0 Å². The molecule has 2 amide bonds. The molecule has 2 N–H and O–H groups in total. The molecule has 55 heavy (non-hydrogen) atoms. The van der Waals surface area contributed by atoms with Crippen LogP contribution in [0, 0.1) is 0 Å². The maximum atomic E-state index is 13.4. The SMILES string of the molecule is C=C(C)C(=O)OCC/C(=N\OC(=O)N1CCNCC1)C(=O)c1ccc(Sc2ccc(C(=O)/C(CCOC(=O)C(=C)C)=N/OC(=O)N3CCNCC3)cc2)cc1. The topological polar surface area (TPSA) is 195 Å². The Balaban J connectivity index is 1.41. The summed E-state index contributed by atoms with van der Waals surface area (Å²) in [5.74, 6) is -2.26. The Morgan fingerprint density at radius 2 is 0.964 bits per heavy atom. The largest absolute Gasteiger partial charge is 0.462 e. The molecule has 0 spiro atoms. The zero-order valence-electron chi connectivity index (χ0n) is 30.8. The van der Waals surface area contributed by atoms with E-state index in [1.807, 2.05) is 0 Å². The van der Waals surface area contributed by atoms with Crippen molar-refractivity contribution in [3.63, 3.8) is 0 Å². The smallest absolute Gasteiger partial charge is 0.436 e. The highest BCUT2D eigenvalue weighted by Gasteiger charge is 2.23. The lowest BCUT2D eigenvalue weighted by Crippen LogP contribution is -2.46. The van der Waals surface area contributed by atoms with Crippen LogP contribution in [0.4, 0.5) is 9.59 Å². The maximum absolute atomic E-state index is 13.4. The van der Waals surface area contributed by atoms with E-state index in [9.17, 15) is 28.8 Å². The number of esters is 2. The maximum Gasteiger partial charge on any atom is 0.436 e. The molecule has 2 heterocycles. The monoisotopic (exact) mass is 776 g/mol. The van der Waals surface area contributed by atoms with Crippen molar-refractivity contribution in [2.75, 3.05) is 65.6 Å². The van der Waals surface area contributed by atoms with Crippen molar-refractivity contribution in [2.45, 2.75) is 36.5 Å². The summed E-state index contributed by atoms with van der Waals surface area (Å²) >= 11 is 1.37. The number of carbonyl (C=O) groups is 6. The highest BCUT2D eigenvalue weighted by molar-refractivity contribution is 7.99. The highest BCUT2D eigenvalue weighted by atomic mass is 32.2. The molecule has 0 atom stereocenters. The summed E-state index contributed by atoms with van der Waals surface area (Å²) in [6.07, 6.45) is -1.57. The molecule has 292 valence electrons. The predicted molar refractivity (Wildman–Crippen MR) is 203 cm³/mol. The van der Waals surface area contributed by atoms with Gasteiger partial charge in [-0.2, -0.15) is 0 Å². The number of carbonyl (C=O) groups excluding carboxylic acids is 6. The molecule has 4 rings (SSSR count). The number of benzene rings is 2. The standard InChI is InChI=1S/C38H44N6O10S/c1-25(2)35(47)51-23-13-31(41-53-37(49)43-19-15-39-16-20-43)33(45)27-5-9-29(10-6-27)55-30-11-7-28(8-12-30)34(46)32(14-24-52-36(48)26(3)4)42-54-38(50)44-21-17-40-18-22-44/h5-12,39-40H,1,3,13-24H2,2,4H3/b41-31+,42-32+. The number of ether oxygens (including phenoxy) is 2. The molecule has 0 saturated carbocycles. The predicted octanol–water partition coefficient (Wildman–Crippen LogP) is 4.02. The van der Waals surface area contributed by atoms with Gasteiger partial charge in [-0.25, -0.2) is 19.2 Å². The zero-order valence-corrected chi connectivity index (χ0v) is 31.6. The molecule has 17 heteroatoms. The van der Waals surface area contributed by atoms with Crippen molar-refractivity contribution in [1.29, 1.82) is 0 Å². The Labute approximate surface area is 322 Å². The van der Waals surface area contributed by atoms with Gasteiger partial charge in [0.25, 0.3) is 0 Å². The number of hydrogen-bond acceptors (Lipinski definition) is 15. The minimum absolute atomic E-state index is 0.0983. The third-order valence-corrected chi connectivity index (χ3v) is 9.07. The number of oxime groups is 2. The first kappa shape index (κ1) is 42.1. The first-order valence-corrected chi connectivity index (χ1v) is 18.3. The second-order valence-electron chi connectivity index (χ2n) is 12.4. The average Bonchev–Trinajstić information content (AvgIpc) is 3.20. The number of ketones is 2. The molecule has 2 saturated heterocycles. The van der Waals surface area contributed by atoms with Crippen LogP contribution in [0.15, 0.2) is 92.9 Å². The van der Waals surface area contributed by atoms with Crippen molar-refractivity contribution in [3.8, 4) is 0 Å². The lowest BCUT2D eigenvalue weighted by molar-refractivity contribution is -0.139. The van der Waals surface area contributed by atoms with Crippen molar-refractivity contribution in [2.24, 2.45) is 10.3 Å². The van der Waals surface area contributed by atoms with Crippen LogP contribution in [0.1, 0.15) is 47.4 Å². The van der Waals surface area contributed by atoms with Crippen LogP contribution >= 0.6 is 11.8 Å². The number of nitrogens with zero attached hydrogens (tertiary/aromatic N) is 4. The Morgan fingerprint density at radius 1 is 0.618 bits per heavy atom. The van der Waals surface area contributed by atoms with Gasteiger partial charge in [0.15, 0.2) is 0 Å². The van der Waals surface area contributed by atoms with Crippen molar-refractivity contribution in [3.05, 3.63) is 84.0 Å². The van der Waals surface area contributed by atoms with E-state index in [1.54, 1.807) is 48.5 Å². The first-order valence-electron chi connectivity index (χ1n) is 17.5. The molecule has 2 aromatic carbocycles. The molecule has 0 unspecified atom stereocenters. The van der Waals surface area contributed by atoms with Crippen LogP contribution in [-0.2, 0) is 28.7 Å². The minimum Gasteiger partial charge on any atom is -0.462 e. The number of nitrogens with one attached hydrogen (secondary N) is 2. The van der Waals surface area contributed by atoms with Gasteiger partial charge in [-0.1, -0.05) is 35.2 Å². The fraction of sp³-hybridized carbons (Fsp3) is 0.368. The summed E-state index contributed by atoms with van der Waals surface area (Å²) in [5.41, 5.74) is 0.735. The van der Waals surface area contributed by atoms with Gasteiger partial charge in [0, 0.05) is 97.3 Å². The Bertz CT molecular complexity index is 1680. The molecule has 2 aliphatic heterocycles. The summed E-state index contributed by atoms with van der Waals surface area (Å²) in [6, 6.07) is 13.3. The van der Waals surface area contributed by atoms with Crippen LogP contribution < -0.4 is 10.6 Å². The summed E-state index contributed by atoms with van der Waals surface area (Å²) in [5, 5.41) is 14.0. The Morgan fingerprint density at radius 3 is 1.29 bits per heavy atom. The normalized spacial score (nSPS) is 14.7. The quantitative estimate of drug-likeness (QED) is 0.0621. The lowest BCUT2D eigenvalue weighted by atomic mass is 10.1. The molecular formula is C38H44N6O10S. The van der Waals surface area contributed by atoms with Crippen molar-refractivity contribution in [1.82, 2.24) is 20.4 Å². The van der Waals surface area contributed by atoms with E-state index in [4.69, 9.17) is 19.1 Å². The molecular weight excluding hydrogens is 733 g/mol. The van der Waals surface area contributed by atoms with Gasteiger partial charge < -0.3 is 29.9 Å². The number of rotatable bonds is 16. The molecule has 0 radical (unpaired) electrons. The van der Waals surface area contributed by atoms with E-state index in [2.05, 4.69) is 34.1 Å². The number of amides is 2. The lowest BCUT2D eigenvalue weighted by Gasteiger charge is -2.25. The molecule has 2 aromatic rings. The van der Waals surface area contributed by atoms with E-state index < -0.39 is 35.7 Å². The van der Waals surface area contributed by atoms with Crippen molar-refractivity contribution >= 4 is 58.9 Å². The van der Waals surface area contributed by atoms with E-state index in [1.165, 1.54) is 35.4 Å². The molecule has 0 bridgehead atoms. The molecule has 16 nitrogen and oxygen atoms in total. The van der Waals surface area contributed by atoms with Crippen LogP contribution in [0.3, 0.4) is 0 Å². The molecule has 0 aromatic heterocycles. The van der Waals surface area contributed by atoms with E-state index in [0.29, 0.717) is 52.4 Å². The number of piperazine rings is 2. The van der Waals surface area contributed by atoms with Gasteiger partial charge >= 0.3 is 24.1 Å². The third kappa shape index (κ3) is 13.3. The van der Waals surface area contributed by atoms with Crippen LogP contribution in [0.25, 0.3) is 0 Å².